The highest BCUT2D eigenvalue weighted by Gasteiger charge is 2.07. The average Bonchev–Trinajstić information content (AvgIpc) is 2.46. The monoisotopic (exact) mass is 294 g/mol. The van der Waals surface area contributed by atoms with E-state index in [1.807, 2.05) is 0 Å². The molecule has 5 heteroatoms. The average molecular weight is 294 g/mol. The molecule has 0 saturated carbocycles. The van der Waals surface area contributed by atoms with Crippen molar-refractivity contribution < 1.29 is 18.3 Å². The molecule has 0 bridgehead atoms. The topological polar surface area (TPSA) is 26.3 Å². The third-order valence-electron chi connectivity index (χ3n) is 2.66. The van der Waals surface area contributed by atoms with Crippen LogP contribution in [0.25, 0.3) is 0 Å². The third-order valence-corrected chi connectivity index (χ3v) is 3.78. The molecule has 0 aliphatic rings. The van der Waals surface area contributed by atoms with Gasteiger partial charge >= 0.3 is 5.97 Å². The van der Waals surface area contributed by atoms with Gasteiger partial charge in [-0.15, -0.1) is 11.8 Å². The number of rotatable bonds is 4. The Kier molecular flexibility index (Phi) is 4.74. The minimum absolute atomic E-state index is 0.392. The van der Waals surface area contributed by atoms with E-state index >= 15 is 0 Å². The van der Waals surface area contributed by atoms with E-state index < -0.39 is 17.6 Å². The van der Waals surface area contributed by atoms with E-state index in [1.54, 1.807) is 24.3 Å². The fraction of sp³-hybridized carbons (Fsp3) is 0.133. The first-order valence-corrected chi connectivity index (χ1v) is 6.84. The van der Waals surface area contributed by atoms with Crippen LogP contribution in [0.2, 0.25) is 0 Å². The molecule has 0 heterocycles. The first kappa shape index (κ1) is 14.5. The minimum atomic E-state index is -0.589. The van der Waals surface area contributed by atoms with Crippen LogP contribution in [0.5, 0.6) is 0 Å². The van der Waals surface area contributed by atoms with E-state index in [4.69, 9.17) is 0 Å². The molecule has 0 aliphatic heterocycles. The number of methoxy groups -OCH3 is 1. The lowest BCUT2D eigenvalue weighted by Gasteiger charge is -2.05. The zero-order valence-electron chi connectivity index (χ0n) is 10.7. The van der Waals surface area contributed by atoms with E-state index in [0.717, 1.165) is 11.6 Å². The Labute approximate surface area is 119 Å². The second-order valence-corrected chi connectivity index (χ2v) is 5.07. The SMILES string of the molecule is COC(=O)c1ccc(CSc2ccc(F)cc2F)cc1. The molecule has 20 heavy (non-hydrogen) atoms. The molecular weight excluding hydrogens is 282 g/mol. The highest BCUT2D eigenvalue weighted by molar-refractivity contribution is 7.98. The molecule has 2 nitrogen and oxygen atoms in total. The molecule has 0 unspecified atom stereocenters. The first-order chi connectivity index (χ1) is 9.60. The minimum Gasteiger partial charge on any atom is -0.465 e. The predicted octanol–water partition coefficient (Wildman–Crippen LogP) is 4.04. The van der Waals surface area contributed by atoms with Crippen molar-refractivity contribution in [3.8, 4) is 0 Å². The van der Waals surface area contributed by atoms with Crippen LogP contribution in [-0.2, 0) is 10.5 Å². The summed E-state index contributed by atoms with van der Waals surface area (Å²) >= 11 is 1.27. The van der Waals surface area contributed by atoms with Crippen LogP contribution in [0.1, 0.15) is 15.9 Å². The van der Waals surface area contributed by atoms with Crippen molar-refractivity contribution in [1.29, 1.82) is 0 Å². The third kappa shape index (κ3) is 3.57. The smallest absolute Gasteiger partial charge is 0.337 e. The molecule has 104 valence electrons. The largest absolute Gasteiger partial charge is 0.465 e. The molecule has 0 spiro atoms. The molecule has 0 amide bonds. The summed E-state index contributed by atoms with van der Waals surface area (Å²) in [5.74, 6) is -1.02. The van der Waals surface area contributed by atoms with Gasteiger partial charge < -0.3 is 4.74 Å². The van der Waals surface area contributed by atoms with Crippen LogP contribution in [0, 0.1) is 11.6 Å². The number of halogens is 2. The van der Waals surface area contributed by atoms with Gasteiger partial charge in [0.25, 0.3) is 0 Å². The summed E-state index contributed by atoms with van der Waals surface area (Å²) in [4.78, 5) is 11.7. The molecule has 2 rings (SSSR count). The van der Waals surface area contributed by atoms with Crippen molar-refractivity contribution in [2.75, 3.05) is 7.11 Å². The van der Waals surface area contributed by atoms with Crippen molar-refractivity contribution in [3.05, 3.63) is 65.2 Å². The van der Waals surface area contributed by atoms with Crippen molar-refractivity contribution in [3.63, 3.8) is 0 Å². The number of carbonyl (C=O) groups excluding carboxylic acids is 1. The van der Waals surface area contributed by atoms with Gasteiger partial charge in [-0.2, -0.15) is 0 Å². The standard InChI is InChI=1S/C15H12F2O2S/c1-19-15(18)11-4-2-10(3-5-11)9-20-14-7-6-12(16)8-13(14)17/h2-8H,9H2,1H3. The number of benzene rings is 2. The summed E-state index contributed by atoms with van der Waals surface area (Å²) in [6.07, 6.45) is 0. The Morgan fingerprint density at radius 1 is 1.15 bits per heavy atom. The lowest BCUT2D eigenvalue weighted by molar-refractivity contribution is 0.0600. The van der Waals surface area contributed by atoms with Gasteiger partial charge in [0.1, 0.15) is 11.6 Å². The summed E-state index contributed by atoms with van der Waals surface area (Å²) in [7, 11) is 1.32. The fourth-order valence-corrected chi connectivity index (χ4v) is 2.48. The van der Waals surface area contributed by atoms with Crippen LogP contribution < -0.4 is 0 Å². The van der Waals surface area contributed by atoms with Crippen LogP contribution in [-0.4, -0.2) is 13.1 Å². The molecule has 0 atom stereocenters. The number of carbonyl (C=O) groups is 1. The maximum atomic E-state index is 13.4. The van der Waals surface area contributed by atoms with Crippen molar-refractivity contribution in [2.24, 2.45) is 0 Å². The van der Waals surface area contributed by atoms with Crippen LogP contribution in [0.15, 0.2) is 47.4 Å². The highest BCUT2D eigenvalue weighted by atomic mass is 32.2. The maximum absolute atomic E-state index is 13.4. The molecule has 2 aromatic rings. The molecule has 0 radical (unpaired) electrons. The highest BCUT2D eigenvalue weighted by Crippen LogP contribution is 2.26. The molecule has 2 aromatic carbocycles. The Hall–Kier alpha value is -1.88. The lowest BCUT2D eigenvalue weighted by Crippen LogP contribution is -2.00. The number of esters is 1. The molecule has 0 aromatic heterocycles. The fourth-order valence-electron chi connectivity index (χ4n) is 1.61. The summed E-state index contributed by atoms with van der Waals surface area (Å²) in [5, 5.41) is 0. The van der Waals surface area contributed by atoms with Gasteiger partial charge in [0.05, 0.1) is 12.7 Å². The first-order valence-electron chi connectivity index (χ1n) is 5.85. The van der Waals surface area contributed by atoms with Crippen LogP contribution in [0.3, 0.4) is 0 Å². The Balaban J connectivity index is 2.02. The van der Waals surface area contributed by atoms with Crippen molar-refractivity contribution in [1.82, 2.24) is 0 Å². The number of hydrogen-bond acceptors (Lipinski definition) is 3. The van der Waals surface area contributed by atoms with Crippen molar-refractivity contribution in [2.45, 2.75) is 10.6 Å². The summed E-state index contributed by atoms with van der Waals surface area (Å²) in [5.41, 5.74) is 1.40. The zero-order valence-corrected chi connectivity index (χ0v) is 11.5. The summed E-state index contributed by atoms with van der Waals surface area (Å²) in [6.45, 7) is 0. The maximum Gasteiger partial charge on any atom is 0.337 e. The molecular formula is C15H12F2O2S. The molecule has 0 saturated heterocycles. The second-order valence-electron chi connectivity index (χ2n) is 4.05. The second kappa shape index (κ2) is 6.52. The van der Waals surface area contributed by atoms with Gasteiger partial charge in [-0.3, -0.25) is 0 Å². The number of hydrogen-bond donors (Lipinski definition) is 0. The van der Waals surface area contributed by atoms with E-state index in [-0.39, 0.29) is 0 Å². The number of ether oxygens (including phenoxy) is 1. The van der Waals surface area contributed by atoms with Crippen molar-refractivity contribution >= 4 is 17.7 Å². The molecule has 0 fully saturated rings. The van der Waals surface area contributed by atoms with E-state index in [9.17, 15) is 13.6 Å². The Morgan fingerprint density at radius 3 is 2.45 bits per heavy atom. The van der Waals surface area contributed by atoms with Crippen LogP contribution in [0.4, 0.5) is 8.78 Å². The Bertz CT molecular complexity index is 612. The normalized spacial score (nSPS) is 10.3. The number of thioether (sulfide) groups is 1. The van der Waals surface area contributed by atoms with E-state index in [1.165, 1.54) is 31.0 Å². The predicted molar refractivity (Wildman–Crippen MR) is 73.7 cm³/mol. The van der Waals surface area contributed by atoms with E-state index in [2.05, 4.69) is 4.74 Å². The van der Waals surface area contributed by atoms with E-state index in [0.29, 0.717) is 16.2 Å². The quantitative estimate of drug-likeness (QED) is 0.629. The van der Waals surface area contributed by atoms with Gasteiger partial charge in [-0.25, -0.2) is 13.6 Å². The Morgan fingerprint density at radius 2 is 1.85 bits per heavy atom. The van der Waals surface area contributed by atoms with Gasteiger partial charge in [0.2, 0.25) is 0 Å². The van der Waals surface area contributed by atoms with Gasteiger partial charge in [-0.05, 0) is 29.8 Å². The summed E-state index contributed by atoms with van der Waals surface area (Å²) in [6, 6.07) is 10.4. The molecule has 0 N–H and O–H groups in total. The molecule has 0 aliphatic carbocycles. The van der Waals surface area contributed by atoms with Gasteiger partial charge in [0.15, 0.2) is 0 Å². The van der Waals surface area contributed by atoms with Gasteiger partial charge in [0, 0.05) is 16.7 Å². The van der Waals surface area contributed by atoms with Crippen LogP contribution >= 0.6 is 11.8 Å². The summed E-state index contributed by atoms with van der Waals surface area (Å²) < 4.78 is 30.8. The van der Waals surface area contributed by atoms with Gasteiger partial charge in [-0.1, -0.05) is 12.1 Å². The lowest BCUT2D eigenvalue weighted by atomic mass is 10.1. The zero-order chi connectivity index (χ0) is 14.5.